The molecule has 98 valence electrons. The molecule has 0 spiro atoms. The Labute approximate surface area is 114 Å². The van der Waals surface area contributed by atoms with Crippen molar-refractivity contribution in [2.24, 2.45) is 23.7 Å². The van der Waals surface area contributed by atoms with Gasteiger partial charge in [0.15, 0.2) is 5.78 Å². The van der Waals surface area contributed by atoms with Crippen LogP contribution in [0.5, 0.6) is 0 Å². The van der Waals surface area contributed by atoms with Gasteiger partial charge in [0.25, 0.3) is 0 Å². The molecule has 1 aromatic carbocycles. The largest absolute Gasteiger partial charge is 0.298 e. The fraction of sp³-hybridized carbons (Fsp3) is 0.529. The number of fused-ring (bicyclic) bond motifs is 3. The average molecular weight is 253 g/mol. The van der Waals surface area contributed by atoms with Crippen molar-refractivity contribution in [1.82, 2.24) is 0 Å². The number of rotatable bonds is 3. The van der Waals surface area contributed by atoms with E-state index in [0.29, 0.717) is 11.8 Å². The summed E-state index contributed by atoms with van der Waals surface area (Å²) < 4.78 is 0. The van der Waals surface area contributed by atoms with Crippen molar-refractivity contribution in [2.45, 2.75) is 32.6 Å². The van der Waals surface area contributed by atoms with Gasteiger partial charge in [-0.05, 0) is 41.7 Å². The fourth-order valence-corrected chi connectivity index (χ4v) is 3.70. The summed E-state index contributed by atoms with van der Waals surface area (Å²) in [6.45, 7) is 3.93. The van der Waals surface area contributed by atoms with Crippen LogP contribution in [0.2, 0.25) is 0 Å². The van der Waals surface area contributed by atoms with Crippen LogP contribution in [0.4, 0.5) is 0 Å². The number of nitriles is 1. The molecular formula is C17H19NO. The number of Topliss-reactive ketones (excluding diaryl/α,β-unsaturated/α-hetero) is 1. The lowest BCUT2D eigenvalue weighted by Gasteiger charge is -2.13. The van der Waals surface area contributed by atoms with Gasteiger partial charge in [-0.3, -0.25) is 4.79 Å². The van der Waals surface area contributed by atoms with Crippen molar-refractivity contribution < 1.29 is 4.79 Å². The highest BCUT2D eigenvalue weighted by molar-refractivity contribution is 5.90. The Kier molecular flexibility index (Phi) is 2.93. The quantitative estimate of drug-likeness (QED) is 0.829. The Balaban J connectivity index is 1.85. The van der Waals surface area contributed by atoms with Gasteiger partial charge in [0.05, 0.1) is 6.07 Å². The first-order chi connectivity index (χ1) is 9.15. The van der Waals surface area contributed by atoms with E-state index in [4.69, 9.17) is 0 Å². The minimum Gasteiger partial charge on any atom is -0.298 e. The molecule has 4 atom stereocenters. The summed E-state index contributed by atoms with van der Waals surface area (Å²) >= 11 is 0. The molecule has 0 bridgehead atoms. The number of carbonyl (C=O) groups excluding carboxylic acids is 1. The first-order valence-corrected chi connectivity index (χ1v) is 7.16. The molecule has 0 amide bonds. The summed E-state index contributed by atoms with van der Waals surface area (Å²) in [5.74, 6) is 0.877. The second-order valence-corrected chi connectivity index (χ2v) is 6.21. The maximum absolute atomic E-state index is 12.5. The summed E-state index contributed by atoms with van der Waals surface area (Å²) in [7, 11) is 0. The Morgan fingerprint density at radius 1 is 1.37 bits per heavy atom. The van der Waals surface area contributed by atoms with Gasteiger partial charge >= 0.3 is 0 Å². The highest BCUT2D eigenvalue weighted by Crippen LogP contribution is 2.60. The molecule has 2 nitrogen and oxygen atoms in total. The van der Waals surface area contributed by atoms with Gasteiger partial charge in [0, 0.05) is 5.92 Å². The van der Waals surface area contributed by atoms with E-state index in [1.54, 1.807) is 0 Å². The number of carbonyl (C=O) groups is 1. The molecule has 4 unspecified atom stereocenters. The first-order valence-electron chi connectivity index (χ1n) is 7.16. The molecular weight excluding hydrogens is 234 g/mol. The van der Waals surface area contributed by atoms with E-state index >= 15 is 0 Å². The normalized spacial score (nSPS) is 29.1. The minimum absolute atomic E-state index is 0.107. The molecule has 0 aliphatic heterocycles. The lowest BCUT2D eigenvalue weighted by Crippen LogP contribution is -2.21. The van der Waals surface area contributed by atoms with Crippen molar-refractivity contribution >= 4 is 5.78 Å². The van der Waals surface area contributed by atoms with Gasteiger partial charge in [-0.15, -0.1) is 0 Å². The van der Waals surface area contributed by atoms with Crippen LogP contribution in [-0.4, -0.2) is 5.78 Å². The van der Waals surface area contributed by atoms with Crippen molar-refractivity contribution in [3.05, 3.63) is 35.4 Å². The molecule has 2 aliphatic rings. The second kappa shape index (κ2) is 4.49. The van der Waals surface area contributed by atoms with Crippen LogP contribution in [0.25, 0.3) is 0 Å². The Morgan fingerprint density at radius 3 is 2.79 bits per heavy atom. The van der Waals surface area contributed by atoms with Gasteiger partial charge in [-0.1, -0.05) is 38.1 Å². The molecule has 0 radical (unpaired) electrons. The van der Waals surface area contributed by atoms with Crippen LogP contribution in [0.1, 0.15) is 37.3 Å². The third-order valence-electron chi connectivity index (χ3n) is 4.77. The lowest BCUT2D eigenvalue weighted by atomic mass is 9.89. The maximum Gasteiger partial charge on any atom is 0.154 e. The Bertz CT molecular complexity index is 555. The molecule has 0 N–H and O–H groups in total. The standard InChI is InChI=1S/C17H19NO/c1-10(2)14(9-18)17(19)16-13-8-7-11-5-3-4-6-12(11)15(13)16/h3-6,10,13-16H,7-8H2,1-2H3. The summed E-state index contributed by atoms with van der Waals surface area (Å²) in [4.78, 5) is 12.5. The van der Waals surface area contributed by atoms with Crippen LogP contribution in [0.15, 0.2) is 24.3 Å². The van der Waals surface area contributed by atoms with Crippen LogP contribution in [-0.2, 0) is 11.2 Å². The second-order valence-electron chi connectivity index (χ2n) is 6.21. The predicted octanol–water partition coefficient (Wildman–Crippen LogP) is 3.33. The van der Waals surface area contributed by atoms with E-state index in [9.17, 15) is 10.1 Å². The van der Waals surface area contributed by atoms with Crippen LogP contribution in [0.3, 0.4) is 0 Å². The summed E-state index contributed by atoms with van der Waals surface area (Å²) in [5, 5.41) is 9.20. The summed E-state index contributed by atoms with van der Waals surface area (Å²) in [6.07, 6.45) is 2.19. The van der Waals surface area contributed by atoms with E-state index in [1.165, 1.54) is 11.1 Å². The van der Waals surface area contributed by atoms with Gasteiger partial charge in [0.2, 0.25) is 0 Å². The van der Waals surface area contributed by atoms with Crippen LogP contribution >= 0.6 is 0 Å². The van der Waals surface area contributed by atoms with Gasteiger partial charge in [-0.25, -0.2) is 0 Å². The van der Waals surface area contributed by atoms with E-state index in [2.05, 4.69) is 30.3 Å². The zero-order valence-corrected chi connectivity index (χ0v) is 11.5. The molecule has 1 saturated carbocycles. The smallest absolute Gasteiger partial charge is 0.154 e. The first kappa shape index (κ1) is 12.4. The summed E-state index contributed by atoms with van der Waals surface area (Å²) in [6, 6.07) is 10.7. The monoisotopic (exact) mass is 253 g/mol. The van der Waals surface area contributed by atoms with E-state index < -0.39 is 5.92 Å². The molecule has 0 heterocycles. The number of nitrogens with zero attached hydrogens (tertiary/aromatic N) is 1. The lowest BCUT2D eigenvalue weighted by molar-refractivity contribution is -0.123. The molecule has 3 rings (SSSR count). The maximum atomic E-state index is 12.5. The summed E-state index contributed by atoms with van der Waals surface area (Å²) in [5.41, 5.74) is 2.76. The number of ketones is 1. The van der Waals surface area contributed by atoms with Crippen LogP contribution in [0, 0.1) is 35.0 Å². The van der Waals surface area contributed by atoms with Gasteiger partial charge < -0.3 is 0 Å². The molecule has 2 heteroatoms. The van der Waals surface area contributed by atoms with E-state index in [-0.39, 0.29) is 17.6 Å². The highest BCUT2D eigenvalue weighted by Gasteiger charge is 2.58. The number of hydrogen-bond donors (Lipinski definition) is 0. The van der Waals surface area contributed by atoms with Crippen LogP contribution < -0.4 is 0 Å². The molecule has 2 aliphatic carbocycles. The van der Waals surface area contributed by atoms with Crippen molar-refractivity contribution in [2.75, 3.05) is 0 Å². The molecule has 1 fully saturated rings. The Hall–Kier alpha value is -1.62. The SMILES string of the molecule is CC(C)C(C#N)C(=O)C1C2CCc3ccccc3C21. The van der Waals surface area contributed by atoms with Gasteiger partial charge in [-0.2, -0.15) is 5.26 Å². The predicted molar refractivity (Wildman–Crippen MR) is 73.4 cm³/mol. The third-order valence-corrected chi connectivity index (χ3v) is 4.77. The van der Waals surface area contributed by atoms with Crippen molar-refractivity contribution in [3.8, 4) is 6.07 Å². The fourth-order valence-electron chi connectivity index (χ4n) is 3.70. The topological polar surface area (TPSA) is 40.9 Å². The zero-order chi connectivity index (χ0) is 13.6. The highest BCUT2D eigenvalue weighted by atomic mass is 16.1. The average Bonchev–Trinajstić information content (AvgIpc) is 3.13. The van der Waals surface area contributed by atoms with E-state index in [1.807, 2.05) is 13.8 Å². The molecule has 0 aromatic heterocycles. The molecule has 19 heavy (non-hydrogen) atoms. The van der Waals surface area contributed by atoms with Crippen molar-refractivity contribution in [3.63, 3.8) is 0 Å². The molecule has 1 aromatic rings. The number of hydrogen-bond acceptors (Lipinski definition) is 2. The minimum atomic E-state index is -0.428. The van der Waals surface area contributed by atoms with E-state index in [0.717, 1.165) is 12.8 Å². The number of benzene rings is 1. The Morgan fingerprint density at radius 2 is 2.11 bits per heavy atom. The van der Waals surface area contributed by atoms with Gasteiger partial charge in [0.1, 0.15) is 5.92 Å². The molecule has 0 saturated heterocycles. The third kappa shape index (κ3) is 1.89. The zero-order valence-electron chi connectivity index (χ0n) is 11.5. The van der Waals surface area contributed by atoms with Crippen molar-refractivity contribution in [1.29, 1.82) is 5.26 Å². The number of aryl methyl sites for hydroxylation is 1.